The third-order valence-corrected chi connectivity index (χ3v) is 3.69. The molecule has 0 aliphatic heterocycles. The molecule has 21 heavy (non-hydrogen) atoms. The Morgan fingerprint density at radius 3 is 2.43 bits per heavy atom. The van der Waals surface area contributed by atoms with Crippen molar-refractivity contribution in [3.8, 4) is 5.75 Å². The second kappa shape index (κ2) is 7.72. The van der Waals surface area contributed by atoms with E-state index in [0.29, 0.717) is 12.6 Å². The quantitative estimate of drug-likeness (QED) is 0.786. The van der Waals surface area contributed by atoms with Gasteiger partial charge in [0.2, 0.25) is 0 Å². The molecule has 0 amide bonds. The summed E-state index contributed by atoms with van der Waals surface area (Å²) in [6, 6.07) is 17.3. The zero-order valence-electron chi connectivity index (χ0n) is 13.2. The molecule has 0 saturated heterocycles. The van der Waals surface area contributed by atoms with E-state index in [4.69, 9.17) is 4.74 Å². The molecule has 0 fully saturated rings. The van der Waals surface area contributed by atoms with Crippen molar-refractivity contribution in [2.75, 3.05) is 11.9 Å². The van der Waals surface area contributed by atoms with Crippen molar-refractivity contribution in [3.05, 3.63) is 59.7 Å². The van der Waals surface area contributed by atoms with E-state index in [-0.39, 0.29) is 0 Å². The average Bonchev–Trinajstić information content (AvgIpc) is 2.50. The lowest BCUT2D eigenvalue weighted by molar-refractivity contribution is 0.340. The molecule has 2 nitrogen and oxygen atoms in total. The molecule has 0 saturated carbocycles. The smallest absolute Gasteiger partial charge is 0.119 e. The van der Waals surface area contributed by atoms with Crippen LogP contribution in [0.15, 0.2) is 48.5 Å². The van der Waals surface area contributed by atoms with Gasteiger partial charge in [-0.05, 0) is 56.0 Å². The Kier molecular flexibility index (Phi) is 5.68. The zero-order valence-corrected chi connectivity index (χ0v) is 13.2. The average molecular weight is 283 g/mol. The summed E-state index contributed by atoms with van der Waals surface area (Å²) in [7, 11) is 0. The van der Waals surface area contributed by atoms with Crippen molar-refractivity contribution < 1.29 is 4.74 Å². The van der Waals surface area contributed by atoms with E-state index in [1.165, 1.54) is 16.8 Å². The Bertz CT molecular complexity index is 551. The fraction of sp³-hybridized carbons (Fsp3) is 0.368. The summed E-state index contributed by atoms with van der Waals surface area (Å²) in [6.07, 6.45) is 2.14. The van der Waals surface area contributed by atoms with Crippen molar-refractivity contribution in [2.24, 2.45) is 0 Å². The van der Waals surface area contributed by atoms with Gasteiger partial charge in [0.05, 0.1) is 6.61 Å². The topological polar surface area (TPSA) is 21.3 Å². The maximum Gasteiger partial charge on any atom is 0.119 e. The number of hydrogen-bond acceptors (Lipinski definition) is 2. The lowest BCUT2D eigenvalue weighted by Crippen LogP contribution is -2.21. The van der Waals surface area contributed by atoms with Crippen LogP contribution < -0.4 is 10.1 Å². The molecule has 1 unspecified atom stereocenters. The van der Waals surface area contributed by atoms with E-state index in [0.717, 1.165) is 18.6 Å². The maximum atomic E-state index is 5.54. The molecule has 2 heteroatoms. The fourth-order valence-electron chi connectivity index (χ4n) is 2.47. The van der Waals surface area contributed by atoms with Gasteiger partial charge in [-0.2, -0.15) is 0 Å². The molecule has 0 aliphatic carbocycles. The molecule has 2 aromatic carbocycles. The van der Waals surface area contributed by atoms with Crippen molar-refractivity contribution in [2.45, 2.75) is 39.7 Å². The summed E-state index contributed by atoms with van der Waals surface area (Å²) >= 11 is 0. The largest absolute Gasteiger partial charge is 0.494 e. The predicted octanol–water partition coefficient (Wildman–Crippen LogP) is 4.83. The molecule has 1 N–H and O–H groups in total. The van der Waals surface area contributed by atoms with Crippen LogP contribution in [0.2, 0.25) is 0 Å². The molecule has 112 valence electrons. The Morgan fingerprint density at radius 2 is 1.81 bits per heavy atom. The highest BCUT2D eigenvalue weighted by atomic mass is 16.5. The molecule has 0 spiro atoms. The number of hydrogen-bond donors (Lipinski definition) is 1. The summed E-state index contributed by atoms with van der Waals surface area (Å²) in [4.78, 5) is 0. The van der Waals surface area contributed by atoms with Gasteiger partial charge in [0, 0.05) is 11.7 Å². The number of ether oxygens (including phenoxy) is 1. The minimum atomic E-state index is 0.448. The van der Waals surface area contributed by atoms with Crippen molar-refractivity contribution in [3.63, 3.8) is 0 Å². The van der Waals surface area contributed by atoms with E-state index in [9.17, 15) is 0 Å². The molecule has 0 aliphatic rings. The normalized spacial score (nSPS) is 12.0. The van der Waals surface area contributed by atoms with Crippen LogP contribution in [0.1, 0.15) is 31.4 Å². The van der Waals surface area contributed by atoms with Gasteiger partial charge in [0.15, 0.2) is 0 Å². The van der Waals surface area contributed by atoms with Crippen LogP contribution in [-0.4, -0.2) is 12.6 Å². The van der Waals surface area contributed by atoms with Gasteiger partial charge in [-0.15, -0.1) is 0 Å². The summed E-state index contributed by atoms with van der Waals surface area (Å²) in [5.74, 6) is 0.941. The van der Waals surface area contributed by atoms with E-state index < -0.39 is 0 Å². The second-order valence-corrected chi connectivity index (χ2v) is 5.35. The second-order valence-electron chi connectivity index (χ2n) is 5.35. The van der Waals surface area contributed by atoms with Gasteiger partial charge < -0.3 is 10.1 Å². The number of anilines is 1. The Morgan fingerprint density at radius 1 is 1.05 bits per heavy atom. The third kappa shape index (κ3) is 4.52. The highest BCUT2D eigenvalue weighted by molar-refractivity contribution is 5.54. The molecule has 0 radical (unpaired) electrons. The SMILES string of the molecule is CCOc1ccc(NC(CC)Cc2ccccc2)c(C)c1. The molecule has 2 rings (SSSR count). The van der Waals surface area contributed by atoms with Crippen molar-refractivity contribution in [1.29, 1.82) is 0 Å². The summed E-state index contributed by atoms with van der Waals surface area (Å²) in [5, 5.41) is 3.66. The first-order valence-corrected chi connectivity index (χ1v) is 7.76. The van der Waals surface area contributed by atoms with Gasteiger partial charge in [0.1, 0.15) is 5.75 Å². The van der Waals surface area contributed by atoms with E-state index in [1.807, 2.05) is 13.0 Å². The fourth-order valence-corrected chi connectivity index (χ4v) is 2.47. The standard InChI is InChI=1S/C19H25NO/c1-4-17(14-16-9-7-6-8-10-16)20-19-12-11-18(21-5-2)13-15(19)3/h6-13,17,20H,4-5,14H2,1-3H3. The van der Waals surface area contributed by atoms with Gasteiger partial charge in [-0.25, -0.2) is 0 Å². The van der Waals surface area contributed by atoms with Gasteiger partial charge in [-0.1, -0.05) is 37.3 Å². The minimum absolute atomic E-state index is 0.448. The highest BCUT2D eigenvalue weighted by Gasteiger charge is 2.09. The number of nitrogens with one attached hydrogen (secondary N) is 1. The van der Waals surface area contributed by atoms with Gasteiger partial charge >= 0.3 is 0 Å². The highest BCUT2D eigenvalue weighted by Crippen LogP contribution is 2.23. The van der Waals surface area contributed by atoms with E-state index in [1.54, 1.807) is 0 Å². The van der Waals surface area contributed by atoms with Crippen molar-refractivity contribution >= 4 is 5.69 Å². The monoisotopic (exact) mass is 283 g/mol. The van der Waals surface area contributed by atoms with Crippen LogP contribution in [0.3, 0.4) is 0 Å². The lowest BCUT2D eigenvalue weighted by Gasteiger charge is -2.20. The van der Waals surface area contributed by atoms with E-state index in [2.05, 4.69) is 61.6 Å². The number of aryl methyl sites for hydroxylation is 1. The van der Waals surface area contributed by atoms with Gasteiger partial charge in [-0.3, -0.25) is 0 Å². The van der Waals surface area contributed by atoms with Gasteiger partial charge in [0.25, 0.3) is 0 Å². The molecular weight excluding hydrogens is 258 g/mol. The van der Waals surface area contributed by atoms with Crippen LogP contribution in [0.25, 0.3) is 0 Å². The first-order valence-electron chi connectivity index (χ1n) is 7.76. The van der Waals surface area contributed by atoms with Crippen molar-refractivity contribution in [1.82, 2.24) is 0 Å². The van der Waals surface area contributed by atoms with Crippen LogP contribution in [0, 0.1) is 6.92 Å². The Labute approximate surface area is 128 Å². The van der Waals surface area contributed by atoms with E-state index >= 15 is 0 Å². The van der Waals surface area contributed by atoms with Crippen LogP contribution >= 0.6 is 0 Å². The Balaban J connectivity index is 2.04. The first kappa shape index (κ1) is 15.4. The molecule has 1 atom stereocenters. The molecule has 0 bridgehead atoms. The third-order valence-electron chi connectivity index (χ3n) is 3.69. The zero-order chi connectivity index (χ0) is 15.1. The first-order chi connectivity index (χ1) is 10.2. The summed E-state index contributed by atoms with van der Waals surface area (Å²) < 4.78 is 5.54. The predicted molar refractivity (Wildman–Crippen MR) is 90.2 cm³/mol. The molecule has 0 aromatic heterocycles. The lowest BCUT2D eigenvalue weighted by atomic mass is 10.0. The molecule has 2 aromatic rings. The Hall–Kier alpha value is -1.96. The number of rotatable bonds is 7. The molecule has 0 heterocycles. The summed E-state index contributed by atoms with van der Waals surface area (Å²) in [6.45, 7) is 7.07. The van der Waals surface area contributed by atoms with Crippen LogP contribution in [-0.2, 0) is 6.42 Å². The maximum absolute atomic E-state index is 5.54. The molecular formula is C19H25NO. The summed E-state index contributed by atoms with van der Waals surface area (Å²) in [5.41, 5.74) is 3.80. The number of benzene rings is 2. The van der Waals surface area contributed by atoms with Crippen LogP contribution in [0.4, 0.5) is 5.69 Å². The van der Waals surface area contributed by atoms with Crippen LogP contribution in [0.5, 0.6) is 5.75 Å². The minimum Gasteiger partial charge on any atom is -0.494 e.